The lowest BCUT2D eigenvalue weighted by atomic mass is 10.2. The second-order valence-corrected chi connectivity index (χ2v) is 5.56. The smallest absolute Gasteiger partial charge is 0.337 e. The summed E-state index contributed by atoms with van der Waals surface area (Å²) >= 11 is 0. The quantitative estimate of drug-likeness (QED) is 0.849. The molecule has 0 atom stereocenters. The molecule has 2 rings (SSSR count). The summed E-state index contributed by atoms with van der Waals surface area (Å²) in [6.07, 6.45) is 0. The van der Waals surface area contributed by atoms with Crippen LogP contribution < -0.4 is 10.2 Å². The molecule has 0 spiro atoms. The Morgan fingerprint density at radius 3 is 2.44 bits per heavy atom. The number of methoxy groups -OCH3 is 1. The number of esters is 1. The van der Waals surface area contributed by atoms with Crippen LogP contribution in [-0.4, -0.2) is 31.4 Å². The van der Waals surface area contributed by atoms with Gasteiger partial charge in [-0.15, -0.1) is 0 Å². The number of nitrogens with one attached hydrogen (secondary N) is 1. The van der Waals surface area contributed by atoms with E-state index in [0.29, 0.717) is 16.9 Å². The van der Waals surface area contributed by atoms with Gasteiger partial charge in [-0.05, 0) is 42.8 Å². The molecule has 0 aromatic heterocycles. The highest BCUT2D eigenvalue weighted by Gasteiger charge is 2.16. The number of aryl methyl sites for hydroxylation is 1. The van der Waals surface area contributed by atoms with Crippen molar-refractivity contribution in [2.24, 2.45) is 0 Å². The zero-order valence-corrected chi connectivity index (χ0v) is 14.4. The molecule has 6 nitrogen and oxygen atoms in total. The molecule has 0 aliphatic carbocycles. The Balaban J connectivity index is 2.12. The molecule has 0 saturated carbocycles. The standard InChI is InChI=1S/C19H20N2O4/c1-13-6-4-9-17(10-13)21(14(2)22)12-18(23)20-16-8-5-7-15(11-16)19(24)25-3/h4-11H,12H2,1-3H3,(H,20,23). The fourth-order valence-corrected chi connectivity index (χ4v) is 2.37. The van der Waals surface area contributed by atoms with Crippen molar-refractivity contribution in [1.29, 1.82) is 0 Å². The topological polar surface area (TPSA) is 75.7 Å². The monoisotopic (exact) mass is 340 g/mol. The van der Waals surface area contributed by atoms with Gasteiger partial charge < -0.3 is 15.0 Å². The lowest BCUT2D eigenvalue weighted by molar-refractivity contribution is -0.120. The summed E-state index contributed by atoms with van der Waals surface area (Å²) < 4.78 is 4.66. The third-order valence-corrected chi connectivity index (χ3v) is 3.56. The predicted molar refractivity (Wildman–Crippen MR) is 95.6 cm³/mol. The molecular weight excluding hydrogens is 320 g/mol. The van der Waals surface area contributed by atoms with Crippen LogP contribution in [0.2, 0.25) is 0 Å². The number of carbonyl (C=O) groups excluding carboxylic acids is 3. The molecular formula is C19H20N2O4. The second kappa shape index (κ2) is 8.10. The third-order valence-electron chi connectivity index (χ3n) is 3.56. The largest absolute Gasteiger partial charge is 0.465 e. The molecule has 0 unspecified atom stereocenters. The number of amides is 2. The van der Waals surface area contributed by atoms with Crippen molar-refractivity contribution in [2.75, 3.05) is 23.9 Å². The maximum absolute atomic E-state index is 12.3. The minimum absolute atomic E-state index is 0.124. The van der Waals surface area contributed by atoms with Crippen LogP contribution in [0.25, 0.3) is 0 Å². The first-order valence-corrected chi connectivity index (χ1v) is 7.73. The van der Waals surface area contributed by atoms with E-state index in [9.17, 15) is 14.4 Å². The number of carbonyl (C=O) groups is 3. The van der Waals surface area contributed by atoms with Crippen molar-refractivity contribution < 1.29 is 19.1 Å². The summed E-state index contributed by atoms with van der Waals surface area (Å²) in [5, 5.41) is 2.69. The molecule has 2 aromatic carbocycles. The van der Waals surface area contributed by atoms with Gasteiger partial charge in [0.05, 0.1) is 12.7 Å². The van der Waals surface area contributed by atoms with Gasteiger partial charge in [-0.25, -0.2) is 4.79 Å². The van der Waals surface area contributed by atoms with E-state index >= 15 is 0 Å². The van der Waals surface area contributed by atoms with E-state index < -0.39 is 5.97 Å². The van der Waals surface area contributed by atoms with Gasteiger partial charge in [-0.3, -0.25) is 9.59 Å². The van der Waals surface area contributed by atoms with Crippen molar-refractivity contribution in [3.63, 3.8) is 0 Å². The lowest BCUT2D eigenvalue weighted by Gasteiger charge is -2.21. The number of anilines is 2. The molecule has 0 aliphatic rings. The van der Waals surface area contributed by atoms with E-state index in [1.54, 1.807) is 24.3 Å². The van der Waals surface area contributed by atoms with Crippen molar-refractivity contribution in [2.45, 2.75) is 13.8 Å². The second-order valence-electron chi connectivity index (χ2n) is 5.56. The summed E-state index contributed by atoms with van der Waals surface area (Å²) in [6, 6.07) is 13.8. The molecule has 2 aromatic rings. The predicted octanol–water partition coefficient (Wildman–Crippen LogP) is 2.77. The summed E-state index contributed by atoms with van der Waals surface area (Å²) in [6.45, 7) is 3.20. The Morgan fingerprint density at radius 2 is 1.80 bits per heavy atom. The van der Waals surface area contributed by atoms with Gasteiger partial charge in [0.25, 0.3) is 0 Å². The zero-order chi connectivity index (χ0) is 18.4. The maximum atomic E-state index is 12.3. The van der Waals surface area contributed by atoms with Crippen LogP contribution in [0.5, 0.6) is 0 Å². The maximum Gasteiger partial charge on any atom is 0.337 e. The highest BCUT2D eigenvalue weighted by atomic mass is 16.5. The van der Waals surface area contributed by atoms with Crippen LogP contribution in [0.15, 0.2) is 48.5 Å². The molecule has 0 bridgehead atoms. The van der Waals surface area contributed by atoms with Gasteiger partial charge in [0, 0.05) is 18.3 Å². The van der Waals surface area contributed by atoms with E-state index in [1.165, 1.54) is 25.0 Å². The fraction of sp³-hybridized carbons (Fsp3) is 0.211. The molecule has 2 amide bonds. The highest BCUT2D eigenvalue weighted by molar-refractivity contribution is 6.02. The first-order chi connectivity index (χ1) is 11.9. The first kappa shape index (κ1) is 18.2. The Bertz CT molecular complexity index is 802. The minimum atomic E-state index is -0.485. The van der Waals surface area contributed by atoms with Gasteiger partial charge in [0.15, 0.2) is 0 Å². The SMILES string of the molecule is COC(=O)c1cccc(NC(=O)CN(C(C)=O)c2cccc(C)c2)c1. The van der Waals surface area contributed by atoms with E-state index in [2.05, 4.69) is 10.1 Å². The normalized spacial score (nSPS) is 10.0. The zero-order valence-electron chi connectivity index (χ0n) is 14.4. The summed E-state index contributed by atoms with van der Waals surface area (Å²) in [7, 11) is 1.29. The molecule has 0 fully saturated rings. The lowest BCUT2D eigenvalue weighted by Crippen LogP contribution is -2.36. The summed E-state index contributed by atoms with van der Waals surface area (Å²) in [5.74, 6) is -1.08. The highest BCUT2D eigenvalue weighted by Crippen LogP contribution is 2.17. The van der Waals surface area contributed by atoms with E-state index in [4.69, 9.17) is 0 Å². The van der Waals surface area contributed by atoms with Gasteiger partial charge >= 0.3 is 5.97 Å². The van der Waals surface area contributed by atoms with Crippen molar-refractivity contribution >= 4 is 29.2 Å². The Labute approximate surface area is 146 Å². The fourth-order valence-electron chi connectivity index (χ4n) is 2.37. The van der Waals surface area contributed by atoms with Crippen LogP contribution in [0.3, 0.4) is 0 Å². The third kappa shape index (κ3) is 4.91. The molecule has 0 radical (unpaired) electrons. The summed E-state index contributed by atoms with van der Waals surface area (Å²) in [4.78, 5) is 37.2. The Hall–Kier alpha value is -3.15. The molecule has 25 heavy (non-hydrogen) atoms. The Morgan fingerprint density at radius 1 is 1.08 bits per heavy atom. The van der Waals surface area contributed by atoms with Crippen molar-refractivity contribution in [3.8, 4) is 0 Å². The molecule has 0 heterocycles. The van der Waals surface area contributed by atoms with E-state index in [1.807, 2.05) is 25.1 Å². The molecule has 130 valence electrons. The number of hydrogen-bond donors (Lipinski definition) is 1. The molecule has 1 N–H and O–H groups in total. The number of hydrogen-bond acceptors (Lipinski definition) is 4. The van der Waals surface area contributed by atoms with Gasteiger partial charge in [-0.2, -0.15) is 0 Å². The number of ether oxygens (including phenoxy) is 1. The van der Waals surface area contributed by atoms with Crippen LogP contribution >= 0.6 is 0 Å². The van der Waals surface area contributed by atoms with Crippen LogP contribution in [-0.2, 0) is 14.3 Å². The average Bonchev–Trinajstić information content (AvgIpc) is 2.59. The van der Waals surface area contributed by atoms with Crippen LogP contribution in [0.1, 0.15) is 22.8 Å². The molecule has 0 aliphatic heterocycles. The first-order valence-electron chi connectivity index (χ1n) is 7.73. The Kier molecular flexibility index (Phi) is 5.89. The van der Waals surface area contributed by atoms with Crippen LogP contribution in [0.4, 0.5) is 11.4 Å². The summed E-state index contributed by atoms with van der Waals surface area (Å²) in [5.41, 5.74) is 2.45. The van der Waals surface area contributed by atoms with Crippen molar-refractivity contribution in [1.82, 2.24) is 0 Å². The van der Waals surface area contributed by atoms with Gasteiger partial charge in [0.2, 0.25) is 11.8 Å². The average molecular weight is 340 g/mol. The van der Waals surface area contributed by atoms with Gasteiger partial charge in [0.1, 0.15) is 6.54 Å². The van der Waals surface area contributed by atoms with Crippen LogP contribution in [0, 0.1) is 6.92 Å². The van der Waals surface area contributed by atoms with E-state index in [-0.39, 0.29) is 18.4 Å². The van der Waals surface area contributed by atoms with Gasteiger partial charge in [-0.1, -0.05) is 18.2 Å². The van der Waals surface area contributed by atoms with E-state index in [0.717, 1.165) is 5.56 Å². The minimum Gasteiger partial charge on any atom is -0.465 e. The molecule has 6 heteroatoms. The number of rotatable bonds is 5. The molecule has 0 saturated heterocycles. The van der Waals surface area contributed by atoms with Crippen molar-refractivity contribution in [3.05, 3.63) is 59.7 Å². The number of benzene rings is 2. The number of nitrogens with zero attached hydrogens (tertiary/aromatic N) is 1.